The smallest absolute Gasteiger partial charge is 0.293 e. The summed E-state index contributed by atoms with van der Waals surface area (Å²) < 4.78 is 6.17. The zero-order valence-corrected chi connectivity index (χ0v) is 14.4. The van der Waals surface area contributed by atoms with E-state index in [9.17, 15) is 0 Å². The van der Waals surface area contributed by atoms with E-state index in [0.717, 1.165) is 18.4 Å². The second kappa shape index (κ2) is 9.72. The first-order chi connectivity index (χ1) is 10.3. The number of hydrogen-bond donors (Lipinski definition) is 0. The van der Waals surface area contributed by atoms with Gasteiger partial charge in [-0.1, -0.05) is 57.6 Å². The second-order valence-electron chi connectivity index (χ2n) is 7.37. The van der Waals surface area contributed by atoms with E-state index >= 15 is 0 Å². The van der Waals surface area contributed by atoms with Gasteiger partial charge in [-0.05, 0) is 56.6 Å². The number of unbranched alkanes of at least 4 members (excludes halogenated alkanes) is 5. The Bertz CT molecular complexity index is 313. The van der Waals surface area contributed by atoms with E-state index < -0.39 is 0 Å². The normalized spacial score (nSPS) is 25.0. The van der Waals surface area contributed by atoms with E-state index in [4.69, 9.17) is 4.65 Å². The van der Waals surface area contributed by atoms with Crippen LogP contribution in [0.3, 0.4) is 0 Å². The molecule has 1 fully saturated rings. The van der Waals surface area contributed by atoms with Crippen LogP contribution in [0.5, 0.6) is 0 Å². The molecule has 120 valence electrons. The monoisotopic (exact) mass is 290 g/mol. The molecule has 1 saturated heterocycles. The van der Waals surface area contributed by atoms with E-state index in [-0.39, 0.29) is 0 Å². The third-order valence-corrected chi connectivity index (χ3v) is 5.27. The number of hydrogen-bond acceptors (Lipinski definition) is 1. The molecular formula is C19H35BO. The largest absolute Gasteiger partial charge is 0.436 e. The topological polar surface area (TPSA) is 9.23 Å². The van der Waals surface area contributed by atoms with Gasteiger partial charge in [-0.2, -0.15) is 0 Å². The van der Waals surface area contributed by atoms with Gasteiger partial charge in [0, 0.05) is 6.61 Å². The van der Waals surface area contributed by atoms with E-state index in [1.807, 2.05) is 0 Å². The summed E-state index contributed by atoms with van der Waals surface area (Å²) in [4.78, 5) is 0. The van der Waals surface area contributed by atoms with Crippen molar-refractivity contribution in [3.63, 3.8) is 0 Å². The van der Waals surface area contributed by atoms with E-state index in [0.29, 0.717) is 6.92 Å². The standard InChI is InChI=1S/C19H35BO/c1-3-5-7-9-11-21-20-15-18-12-17(10-8-6-4-2)13-19(14-18)16-20/h12,18-19H,3-11,13-16H2,1-2H3. The van der Waals surface area contributed by atoms with E-state index in [2.05, 4.69) is 19.9 Å². The highest BCUT2D eigenvalue weighted by Gasteiger charge is 2.34. The lowest BCUT2D eigenvalue weighted by molar-refractivity contribution is 0.276. The fraction of sp³-hybridized carbons (Fsp3) is 0.895. The van der Waals surface area contributed by atoms with Gasteiger partial charge in [0.15, 0.2) is 0 Å². The molecule has 2 aliphatic rings. The average Bonchev–Trinajstić information content (AvgIpc) is 2.46. The summed E-state index contributed by atoms with van der Waals surface area (Å²) in [5.41, 5.74) is 1.77. The van der Waals surface area contributed by atoms with Gasteiger partial charge in [0.05, 0.1) is 0 Å². The minimum atomic E-state index is 0.559. The van der Waals surface area contributed by atoms with Gasteiger partial charge in [0.25, 0.3) is 6.92 Å². The van der Waals surface area contributed by atoms with Crippen molar-refractivity contribution < 1.29 is 4.65 Å². The Balaban J connectivity index is 1.68. The summed E-state index contributed by atoms with van der Waals surface area (Å²) in [7, 11) is 0. The van der Waals surface area contributed by atoms with Crippen LogP contribution in [-0.4, -0.2) is 13.5 Å². The lowest BCUT2D eigenvalue weighted by Crippen LogP contribution is -2.33. The third kappa shape index (κ3) is 6.18. The summed E-state index contributed by atoms with van der Waals surface area (Å²) in [5, 5.41) is 0. The van der Waals surface area contributed by atoms with Crippen molar-refractivity contribution >= 4 is 6.92 Å². The fourth-order valence-electron chi connectivity index (χ4n) is 4.20. The van der Waals surface area contributed by atoms with Gasteiger partial charge in [-0.25, -0.2) is 0 Å². The molecule has 1 nitrogen and oxygen atoms in total. The lowest BCUT2D eigenvalue weighted by Gasteiger charge is -2.36. The molecular weight excluding hydrogens is 255 g/mol. The summed E-state index contributed by atoms with van der Waals surface area (Å²) in [6.07, 6.45) is 18.9. The molecule has 0 aromatic heterocycles. The van der Waals surface area contributed by atoms with Crippen molar-refractivity contribution in [2.75, 3.05) is 6.61 Å². The Hall–Kier alpha value is -0.235. The summed E-state index contributed by atoms with van der Waals surface area (Å²) in [6, 6.07) is 0. The van der Waals surface area contributed by atoms with Crippen molar-refractivity contribution in [2.24, 2.45) is 11.8 Å². The highest BCUT2D eigenvalue weighted by atomic mass is 16.4. The van der Waals surface area contributed by atoms with Crippen LogP contribution in [0.15, 0.2) is 11.6 Å². The molecule has 0 saturated carbocycles. The number of rotatable bonds is 10. The van der Waals surface area contributed by atoms with Gasteiger partial charge in [0.1, 0.15) is 0 Å². The van der Waals surface area contributed by atoms with Gasteiger partial charge >= 0.3 is 0 Å². The summed E-state index contributed by atoms with van der Waals surface area (Å²) in [5.74, 6) is 1.75. The van der Waals surface area contributed by atoms with Crippen molar-refractivity contribution in [3.05, 3.63) is 11.6 Å². The van der Waals surface area contributed by atoms with Gasteiger partial charge in [-0.3, -0.25) is 0 Å². The fourth-order valence-corrected chi connectivity index (χ4v) is 4.20. The maximum absolute atomic E-state index is 6.17. The molecule has 1 heterocycles. The number of fused-ring (bicyclic) bond motifs is 2. The molecule has 2 bridgehead atoms. The van der Waals surface area contributed by atoms with Crippen molar-refractivity contribution in [1.29, 1.82) is 0 Å². The Morgan fingerprint density at radius 1 is 1.05 bits per heavy atom. The van der Waals surface area contributed by atoms with Crippen molar-refractivity contribution in [1.82, 2.24) is 0 Å². The molecule has 0 amide bonds. The van der Waals surface area contributed by atoms with E-state index in [1.54, 1.807) is 5.57 Å². The SMILES string of the molecule is CCCCCCOB1CC2C=C(CCCCC)CC(C1)C2. The highest BCUT2D eigenvalue weighted by Crippen LogP contribution is 2.41. The van der Waals surface area contributed by atoms with Crippen LogP contribution in [0.4, 0.5) is 0 Å². The Labute approximate surface area is 133 Å². The highest BCUT2D eigenvalue weighted by molar-refractivity contribution is 6.52. The lowest BCUT2D eigenvalue weighted by atomic mass is 9.47. The van der Waals surface area contributed by atoms with Gasteiger partial charge < -0.3 is 4.65 Å². The molecule has 0 spiro atoms. The predicted molar refractivity (Wildman–Crippen MR) is 93.9 cm³/mol. The molecule has 0 aromatic carbocycles. The predicted octanol–water partition coefficient (Wildman–Crippen LogP) is 6.12. The van der Waals surface area contributed by atoms with Crippen LogP contribution in [0, 0.1) is 11.8 Å². The quantitative estimate of drug-likeness (QED) is 0.267. The first-order valence-corrected chi connectivity index (χ1v) is 9.63. The summed E-state index contributed by atoms with van der Waals surface area (Å²) >= 11 is 0. The molecule has 2 heteroatoms. The maximum atomic E-state index is 6.17. The molecule has 2 rings (SSSR count). The first kappa shape index (κ1) is 17.1. The minimum Gasteiger partial charge on any atom is -0.436 e. The van der Waals surface area contributed by atoms with Crippen LogP contribution in [0.2, 0.25) is 12.6 Å². The second-order valence-corrected chi connectivity index (χ2v) is 7.37. The third-order valence-electron chi connectivity index (χ3n) is 5.27. The zero-order chi connectivity index (χ0) is 14.9. The van der Waals surface area contributed by atoms with Crippen molar-refractivity contribution in [3.8, 4) is 0 Å². The van der Waals surface area contributed by atoms with Crippen LogP contribution in [-0.2, 0) is 4.65 Å². The average molecular weight is 290 g/mol. The molecule has 0 aromatic rings. The molecule has 0 N–H and O–H groups in total. The van der Waals surface area contributed by atoms with Crippen LogP contribution in [0.1, 0.15) is 78.1 Å². The Morgan fingerprint density at radius 2 is 1.86 bits per heavy atom. The molecule has 2 atom stereocenters. The maximum Gasteiger partial charge on any atom is 0.293 e. The van der Waals surface area contributed by atoms with Crippen LogP contribution < -0.4 is 0 Å². The molecule has 2 unspecified atom stereocenters. The Morgan fingerprint density at radius 3 is 2.62 bits per heavy atom. The van der Waals surface area contributed by atoms with Crippen LogP contribution >= 0.6 is 0 Å². The molecule has 0 radical (unpaired) electrons. The molecule has 21 heavy (non-hydrogen) atoms. The zero-order valence-electron chi connectivity index (χ0n) is 14.4. The number of allylic oxidation sites excluding steroid dienone is 2. The summed E-state index contributed by atoms with van der Waals surface area (Å²) in [6.45, 7) is 6.13. The van der Waals surface area contributed by atoms with E-state index in [1.165, 1.54) is 76.8 Å². The van der Waals surface area contributed by atoms with Crippen molar-refractivity contribution in [2.45, 2.75) is 90.7 Å². The van der Waals surface area contributed by atoms with Crippen LogP contribution in [0.25, 0.3) is 0 Å². The Kier molecular flexibility index (Phi) is 7.92. The molecule has 1 aliphatic heterocycles. The minimum absolute atomic E-state index is 0.559. The molecule has 1 aliphatic carbocycles. The van der Waals surface area contributed by atoms with Gasteiger partial charge in [0.2, 0.25) is 0 Å². The first-order valence-electron chi connectivity index (χ1n) is 9.63. The van der Waals surface area contributed by atoms with Gasteiger partial charge in [-0.15, -0.1) is 0 Å².